The molecular formula is C25H26ClN3O3. The molecule has 1 saturated heterocycles. The molecule has 32 heavy (non-hydrogen) atoms. The Hall–Kier alpha value is -3.09. The summed E-state index contributed by atoms with van der Waals surface area (Å²) in [6, 6.07) is 19.0. The Bertz CT molecular complexity index is 1140. The molecule has 0 saturated carbocycles. The van der Waals surface area contributed by atoms with Crippen LogP contribution in [0.5, 0.6) is 5.75 Å². The summed E-state index contributed by atoms with van der Waals surface area (Å²) in [7, 11) is 1.75. The van der Waals surface area contributed by atoms with Crippen molar-refractivity contribution in [3.05, 3.63) is 98.9 Å². The van der Waals surface area contributed by atoms with Crippen molar-refractivity contribution in [2.45, 2.75) is 13.2 Å². The third kappa shape index (κ3) is 5.39. The number of benzene rings is 2. The fourth-order valence-corrected chi connectivity index (χ4v) is 4.04. The summed E-state index contributed by atoms with van der Waals surface area (Å²) in [5, 5.41) is 0.615. The number of ether oxygens (including phenoxy) is 1. The monoisotopic (exact) mass is 451 g/mol. The standard InChI is InChI=1S/C25H26ClN3O3/c1-27-17-24(32-18-20-8-5-9-21(26)14-20)23(30)15-22(27)25(31)29-12-10-28(11-13-29)16-19-6-3-2-4-7-19/h2-9,14-15,17H,10-13,16,18H2,1H3. The van der Waals surface area contributed by atoms with E-state index in [1.165, 1.54) is 11.6 Å². The maximum atomic E-state index is 13.1. The van der Waals surface area contributed by atoms with Crippen molar-refractivity contribution in [3.8, 4) is 5.75 Å². The van der Waals surface area contributed by atoms with Crippen LogP contribution in [0.2, 0.25) is 5.02 Å². The second-order valence-corrected chi connectivity index (χ2v) is 8.41. The largest absolute Gasteiger partial charge is 0.483 e. The Morgan fingerprint density at radius 2 is 1.69 bits per heavy atom. The maximum absolute atomic E-state index is 13.1. The van der Waals surface area contributed by atoms with E-state index in [0.717, 1.165) is 25.2 Å². The molecule has 3 aromatic rings. The third-order valence-electron chi connectivity index (χ3n) is 5.61. The highest BCUT2D eigenvalue weighted by Crippen LogP contribution is 2.15. The Kier molecular flexibility index (Phi) is 6.93. The summed E-state index contributed by atoms with van der Waals surface area (Å²) in [4.78, 5) is 29.8. The van der Waals surface area contributed by atoms with Gasteiger partial charge in [-0.15, -0.1) is 0 Å². The van der Waals surface area contributed by atoms with Crippen LogP contribution in [-0.4, -0.2) is 46.5 Å². The fourth-order valence-electron chi connectivity index (χ4n) is 3.83. The minimum Gasteiger partial charge on any atom is -0.483 e. The molecule has 1 aromatic heterocycles. The molecule has 1 fully saturated rings. The van der Waals surface area contributed by atoms with Crippen LogP contribution in [0.4, 0.5) is 0 Å². The molecule has 0 aliphatic carbocycles. The van der Waals surface area contributed by atoms with Crippen LogP contribution in [0.25, 0.3) is 0 Å². The number of amides is 1. The SMILES string of the molecule is Cn1cc(OCc2cccc(Cl)c2)c(=O)cc1C(=O)N1CCN(Cc2ccccc2)CC1. The molecule has 1 amide bonds. The van der Waals surface area contributed by atoms with Crippen LogP contribution in [0.15, 0.2) is 71.7 Å². The van der Waals surface area contributed by atoms with E-state index in [4.69, 9.17) is 16.3 Å². The van der Waals surface area contributed by atoms with E-state index in [1.807, 2.05) is 35.2 Å². The number of carbonyl (C=O) groups excluding carboxylic acids is 1. The molecule has 0 radical (unpaired) electrons. The first kappa shape index (κ1) is 22.1. The molecule has 0 unspecified atom stereocenters. The molecule has 7 heteroatoms. The van der Waals surface area contributed by atoms with E-state index >= 15 is 0 Å². The number of aryl methyl sites for hydroxylation is 1. The van der Waals surface area contributed by atoms with Crippen LogP contribution in [0, 0.1) is 0 Å². The molecule has 166 valence electrons. The third-order valence-corrected chi connectivity index (χ3v) is 5.85. The highest BCUT2D eigenvalue weighted by Gasteiger charge is 2.24. The molecule has 2 heterocycles. The van der Waals surface area contributed by atoms with E-state index in [2.05, 4.69) is 17.0 Å². The van der Waals surface area contributed by atoms with Crippen LogP contribution in [0.1, 0.15) is 21.6 Å². The zero-order valence-electron chi connectivity index (χ0n) is 18.0. The van der Waals surface area contributed by atoms with Gasteiger partial charge in [0.25, 0.3) is 5.91 Å². The van der Waals surface area contributed by atoms with Crippen molar-refractivity contribution >= 4 is 17.5 Å². The number of rotatable bonds is 6. The van der Waals surface area contributed by atoms with E-state index in [9.17, 15) is 9.59 Å². The van der Waals surface area contributed by atoms with Crippen LogP contribution in [0.3, 0.4) is 0 Å². The van der Waals surface area contributed by atoms with E-state index in [-0.39, 0.29) is 23.7 Å². The van der Waals surface area contributed by atoms with E-state index < -0.39 is 0 Å². The number of hydrogen-bond acceptors (Lipinski definition) is 4. The van der Waals surface area contributed by atoms with Crippen molar-refractivity contribution in [2.24, 2.45) is 7.05 Å². The molecule has 4 rings (SSSR count). The molecule has 1 aliphatic rings. The van der Waals surface area contributed by atoms with Crippen LogP contribution in [-0.2, 0) is 20.2 Å². The van der Waals surface area contributed by atoms with Gasteiger partial charge in [0, 0.05) is 50.9 Å². The molecule has 1 aliphatic heterocycles. The smallest absolute Gasteiger partial charge is 0.270 e. The topological polar surface area (TPSA) is 54.8 Å². The highest BCUT2D eigenvalue weighted by atomic mass is 35.5. The van der Waals surface area contributed by atoms with Crippen LogP contribution < -0.4 is 10.2 Å². The van der Waals surface area contributed by atoms with Gasteiger partial charge in [-0.3, -0.25) is 14.5 Å². The second kappa shape index (κ2) is 10.0. The lowest BCUT2D eigenvalue weighted by Crippen LogP contribution is -2.48. The van der Waals surface area contributed by atoms with Gasteiger partial charge in [-0.1, -0.05) is 54.1 Å². The van der Waals surface area contributed by atoms with E-state index in [0.29, 0.717) is 23.8 Å². The number of hydrogen-bond donors (Lipinski definition) is 0. The average Bonchev–Trinajstić information content (AvgIpc) is 2.80. The van der Waals surface area contributed by atoms with E-state index in [1.54, 1.807) is 29.9 Å². The quantitative estimate of drug-likeness (QED) is 0.575. The molecule has 2 aromatic carbocycles. The van der Waals surface area contributed by atoms with Crippen molar-refractivity contribution in [3.63, 3.8) is 0 Å². The van der Waals surface area contributed by atoms with Gasteiger partial charge >= 0.3 is 0 Å². The minimum atomic E-state index is -0.309. The Morgan fingerprint density at radius 3 is 2.41 bits per heavy atom. The normalized spacial score (nSPS) is 14.4. The predicted molar refractivity (Wildman–Crippen MR) is 125 cm³/mol. The molecular weight excluding hydrogens is 426 g/mol. The van der Waals surface area contributed by atoms with Gasteiger partial charge in [-0.05, 0) is 23.3 Å². The maximum Gasteiger partial charge on any atom is 0.270 e. The van der Waals surface area contributed by atoms with Crippen molar-refractivity contribution in [1.82, 2.24) is 14.4 Å². The number of piperazine rings is 1. The molecule has 0 atom stereocenters. The van der Waals surface area contributed by atoms with Gasteiger partial charge in [0.1, 0.15) is 12.3 Å². The lowest BCUT2D eigenvalue weighted by atomic mass is 10.2. The number of aromatic nitrogens is 1. The van der Waals surface area contributed by atoms with Gasteiger partial charge in [0.2, 0.25) is 5.43 Å². The number of nitrogens with zero attached hydrogens (tertiary/aromatic N) is 3. The van der Waals surface area contributed by atoms with Gasteiger partial charge < -0.3 is 14.2 Å². The fraction of sp³-hybridized carbons (Fsp3) is 0.280. The summed E-state index contributed by atoms with van der Waals surface area (Å²) in [6.07, 6.45) is 1.58. The molecule has 0 bridgehead atoms. The minimum absolute atomic E-state index is 0.134. The summed E-state index contributed by atoms with van der Waals surface area (Å²) < 4.78 is 7.35. The molecule has 0 spiro atoms. The highest BCUT2D eigenvalue weighted by molar-refractivity contribution is 6.30. The predicted octanol–water partition coefficient (Wildman–Crippen LogP) is 3.58. The van der Waals surface area contributed by atoms with Crippen molar-refractivity contribution in [1.29, 1.82) is 0 Å². The van der Waals surface area contributed by atoms with Crippen LogP contribution >= 0.6 is 11.6 Å². The first-order valence-corrected chi connectivity index (χ1v) is 11.0. The van der Waals surface area contributed by atoms with Crippen molar-refractivity contribution in [2.75, 3.05) is 26.2 Å². The number of halogens is 1. The van der Waals surface area contributed by atoms with Gasteiger partial charge in [0.15, 0.2) is 5.75 Å². The lowest BCUT2D eigenvalue weighted by Gasteiger charge is -2.35. The van der Waals surface area contributed by atoms with Gasteiger partial charge in [-0.2, -0.15) is 0 Å². The summed E-state index contributed by atoms with van der Waals surface area (Å²) in [5.74, 6) is 0.0714. The van der Waals surface area contributed by atoms with Gasteiger partial charge in [0.05, 0.1) is 6.20 Å². The molecule has 0 N–H and O–H groups in total. The zero-order chi connectivity index (χ0) is 22.5. The lowest BCUT2D eigenvalue weighted by molar-refractivity contribution is 0.0618. The summed E-state index contributed by atoms with van der Waals surface area (Å²) in [5.41, 5.74) is 2.19. The Morgan fingerprint density at radius 1 is 0.969 bits per heavy atom. The number of pyridine rings is 1. The average molecular weight is 452 g/mol. The number of carbonyl (C=O) groups is 1. The second-order valence-electron chi connectivity index (χ2n) is 7.97. The van der Waals surface area contributed by atoms with Crippen molar-refractivity contribution < 1.29 is 9.53 Å². The zero-order valence-corrected chi connectivity index (χ0v) is 18.8. The summed E-state index contributed by atoms with van der Waals surface area (Å²) >= 11 is 6.00. The molecule has 6 nitrogen and oxygen atoms in total. The first-order valence-electron chi connectivity index (χ1n) is 10.6. The Balaban J connectivity index is 1.37. The van der Waals surface area contributed by atoms with Gasteiger partial charge in [-0.25, -0.2) is 0 Å². The Labute approximate surface area is 192 Å². The first-order chi connectivity index (χ1) is 15.5. The summed E-state index contributed by atoms with van der Waals surface area (Å²) in [6.45, 7) is 3.97.